The van der Waals surface area contributed by atoms with E-state index in [0.717, 1.165) is 31.7 Å². The number of likely N-dealkylation sites (tertiary alicyclic amines) is 1. The molecule has 0 saturated carbocycles. The van der Waals surface area contributed by atoms with Crippen molar-refractivity contribution in [2.45, 2.75) is 25.3 Å². The number of furan rings is 1. The van der Waals surface area contributed by atoms with Gasteiger partial charge in [0.05, 0.1) is 19.4 Å². The molecule has 0 bridgehead atoms. The smallest absolute Gasteiger partial charge is 0.234 e. The second-order valence-corrected chi connectivity index (χ2v) is 6.70. The van der Waals surface area contributed by atoms with E-state index < -0.39 is 0 Å². The van der Waals surface area contributed by atoms with Crippen molar-refractivity contribution in [2.75, 3.05) is 19.6 Å². The van der Waals surface area contributed by atoms with Crippen molar-refractivity contribution >= 4 is 16.8 Å². The molecule has 0 spiro atoms. The summed E-state index contributed by atoms with van der Waals surface area (Å²) >= 11 is 0. The molecule has 0 aliphatic carbocycles. The van der Waals surface area contributed by atoms with Gasteiger partial charge in [0.2, 0.25) is 5.91 Å². The summed E-state index contributed by atoms with van der Waals surface area (Å²) < 4.78 is 5.23. The van der Waals surface area contributed by atoms with Gasteiger partial charge in [-0.3, -0.25) is 9.69 Å². The van der Waals surface area contributed by atoms with Gasteiger partial charge >= 0.3 is 0 Å². The number of amides is 1. The summed E-state index contributed by atoms with van der Waals surface area (Å²) in [6.45, 7) is 2.83. The Morgan fingerprint density at radius 1 is 1.20 bits per heavy atom. The Morgan fingerprint density at radius 2 is 2.04 bits per heavy atom. The van der Waals surface area contributed by atoms with Crippen LogP contribution in [0, 0.1) is 0 Å². The van der Waals surface area contributed by atoms with Crippen molar-refractivity contribution in [3.05, 3.63) is 60.2 Å². The predicted octanol–water partition coefficient (Wildman–Crippen LogP) is 3.26. The Hall–Kier alpha value is -2.53. The van der Waals surface area contributed by atoms with E-state index in [1.54, 1.807) is 6.26 Å². The van der Waals surface area contributed by atoms with Gasteiger partial charge in [0.1, 0.15) is 5.76 Å². The van der Waals surface area contributed by atoms with Gasteiger partial charge in [-0.1, -0.05) is 18.2 Å². The largest absolute Gasteiger partial charge is 0.467 e. The number of H-pyrrole nitrogens is 1. The molecule has 5 heteroatoms. The van der Waals surface area contributed by atoms with Gasteiger partial charge < -0.3 is 14.7 Å². The maximum absolute atomic E-state index is 12.1. The fraction of sp³-hybridized carbons (Fsp3) is 0.350. The summed E-state index contributed by atoms with van der Waals surface area (Å²) in [6, 6.07) is 12.2. The average Bonchev–Trinajstić information content (AvgIpc) is 3.30. The van der Waals surface area contributed by atoms with Crippen LogP contribution in [0.1, 0.15) is 30.1 Å². The Bertz CT molecular complexity index is 830. The van der Waals surface area contributed by atoms with Crippen LogP contribution in [0.15, 0.2) is 53.3 Å². The molecule has 130 valence electrons. The Kier molecular flexibility index (Phi) is 4.57. The highest BCUT2D eigenvalue weighted by atomic mass is 16.3. The van der Waals surface area contributed by atoms with Crippen LogP contribution in [0.4, 0.5) is 0 Å². The van der Waals surface area contributed by atoms with Crippen molar-refractivity contribution in [1.82, 2.24) is 15.2 Å². The topological polar surface area (TPSA) is 61.3 Å². The third-order valence-corrected chi connectivity index (χ3v) is 5.06. The molecule has 1 aliphatic heterocycles. The lowest BCUT2D eigenvalue weighted by Crippen LogP contribution is -2.40. The molecule has 3 heterocycles. The quantitative estimate of drug-likeness (QED) is 0.751. The molecule has 1 fully saturated rings. The minimum Gasteiger partial charge on any atom is -0.467 e. The second kappa shape index (κ2) is 7.15. The van der Waals surface area contributed by atoms with E-state index in [2.05, 4.69) is 45.7 Å². The van der Waals surface area contributed by atoms with Gasteiger partial charge in [0.25, 0.3) is 0 Å². The minimum atomic E-state index is 0.0574. The van der Waals surface area contributed by atoms with E-state index in [0.29, 0.717) is 19.0 Å². The van der Waals surface area contributed by atoms with Crippen LogP contribution >= 0.6 is 0 Å². The number of rotatable bonds is 5. The molecule has 0 radical (unpaired) electrons. The highest BCUT2D eigenvalue weighted by molar-refractivity contribution is 5.83. The number of fused-ring (bicyclic) bond motifs is 1. The van der Waals surface area contributed by atoms with E-state index in [9.17, 15) is 4.79 Å². The number of hydrogen-bond acceptors (Lipinski definition) is 3. The predicted molar refractivity (Wildman–Crippen MR) is 97.3 cm³/mol. The molecule has 2 N–H and O–H groups in total. The van der Waals surface area contributed by atoms with Crippen LogP contribution in [-0.2, 0) is 11.3 Å². The molecule has 0 unspecified atom stereocenters. The summed E-state index contributed by atoms with van der Waals surface area (Å²) in [7, 11) is 0. The van der Waals surface area contributed by atoms with E-state index in [1.165, 1.54) is 16.5 Å². The van der Waals surface area contributed by atoms with Crippen LogP contribution in [0.25, 0.3) is 10.9 Å². The first-order valence-electron chi connectivity index (χ1n) is 8.87. The maximum Gasteiger partial charge on any atom is 0.234 e. The zero-order chi connectivity index (χ0) is 17.1. The Balaban J connectivity index is 1.29. The second-order valence-electron chi connectivity index (χ2n) is 6.70. The van der Waals surface area contributed by atoms with Crippen LogP contribution in [0.3, 0.4) is 0 Å². The van der Waals surface area contributed by atoms with Crippen molar-refractivity contribution in [1.29, 1.82) is 0 Å². The molecular formula is C20H23N3O2. The SMILES string of the molecule is O=C(CN1CCC(c2c[nH]c3ccccc23)CC1)NCc1ccco1. The number of para-hydroxylation sites is 1. The molecule has 1 aliphatic rings. The molecule has 0 atom stereocenters. The van der Waals surface area contributed by atoms with E-state index >= 15 is 0 Å². The number of piperidine rings is 1. The van der Waals surface area contributed by atoms with Gasteiger partial charge in [0, 0.05) is 17.1 Å². The summed E-state index contributed by atoms with van der Waals surface area (Å²) in [5.41, 5.74) is 2.62. The van der Waals surface area contributed by atoms with Crippen molar-refractivity contribution in [2.24, 2.45) is 0 Å². The number of nitrogens with one attached hydrogen (secondary N) is 2. The number of benzene rings is 1. The molecule has 4 rings (SSSR count). The zero-order valence-corrected chi connectivity index (χ0v) is 14.2. The number of nitrogens with zero attached hydrogens (tertiary/aromatic N) is 1. The fourth-order valence-electron chi connectivity index (χ4n) is 3.69. The molecule has 1 saturated heterocycles. The van der Waals surface area contributed by atoms with Crippen LogP contribution in [0.5, 0.6) is 0 Å². The van der Waals surface area contributed by atoms with Crippen LogP contribution in [0.2, 0.25) is 0 Å². The number of hydrogen-bond donors (Lipinski definition) is 2. The van der Waals surface area contributed by atoms with Crippen molar-refractivity contribution in [3.8, 4) is 0 Å². The molecule has 2 aromatic heterocycles. The van der Waals surface area contributed by atoms with Gasteiger partial charge in [-0.15, -0.1) is 0 Å². The first-order chi connectivity index (χ1) is 12.3. The van der Waals surface area contributed by atoms with Gasteiger partial charge in [-0.2, -0.15) is 0 Å². The molecule has 5 nitrogen and oxygen atoms in total. The lowest BCUT2D eigenvalue weighted by atomic mass is 9.89. The molecule has 1 aromatic carbocycles. The number of aromatic nitrogens is 1. The zero-order valence-electron chi connectivity index (χ0n) is 14.2. The standard InChI is InChI=1S/C20H23N3O2/c24-20(22-12-16-4-3-11-25-16)14-23-9-7-15(8-10-23)18-13-21-19-6-2-1-5-17(18)19/h1-6,11,13,15,21H,7-10,12,14H2,(H,22,24). The van der Waals surface area contributed by atoms with Crippen molar-refractivity contribution < 1.29 is 9.21 Å². The van der Waals surface area contributed by atoms with E-state index in [4.69, 9.17) is 4.42 Å². The Morgan fingerprint density at radius 3 is 2.84 bits per heavy atom. The first-order valence-corrected chi connectivity index (χ1v) is 8.87. The molecule has 1 amide bonds. The summed E-state index contributed by atoms with van der Waals surface area (Å²) in [6.07, 6.45) is 5.96. The third-order valence-electron chi connectivity index (χ3n) is 5.06. The molecular weight excluding hydrogens is 314 g/mol. The highest BCUT2D eigenvalue weighted by Gasteiger charge is 2.23. The minimum absolute atomic E-state index is 0.0574. The molecule has 3 aromatic rings. The lowest BCUT2D eigenvalue weighted by molar-refractivity contribution is -0.122. The van der Waals surface area contributed by atoms with Crippen molar-refractivity contribution in [3.63, 3.8) is 0 Å². The van der Waals surface area contributed by atoms with Gasteiger partial charge in [-0.05, 0) is 55.6 Å². The number of carbonyl (C=O) groups is 1. The maximum atomic E-state index is 12.1. The van der Waals surface area contributed by atoms with Gasteiger partial charge in [0.15, 0.2) is 0 Å². The van der Waals surface area contributed by atoms with E-state index in [-0.39, 0.29) is 5.91 Å². The lowest BCUT2D eigenvalue weighted by Gasteiger charge is -2.31. The Labute approximate surface area is 147 Å². The highest BCUT2D eigenvalue weighted by Crippen LogP contribution is 2.32. The first kappa shape index (κ1) is 16.0. The fourth-order valence-corrected chi connectivity index (χ4v) is 3.69. The van der Waals surface area contributed by atoms with E-state index in [1.807, 2.05) is 12.1 Å². The van der Waals surface area contributed by atoms with Crippen LogP contribution in [-0.4, -0.2) is 35.4 Å². The summed E-state index contributed by atoms with van der Waals surface area (Å²) in [5.74, 6) is 1.41. The monoisotopic (exact) mass is 337 g/mol. The summed E-state index contributed by atoms with van der Waals surface area (Å²) in [4.78, 5) is 17.7. The van der Waals surface area contributed by atoms with Crippen LogP contribution < -0.4 is 5.32 Å². The number of carbonyl (C=O) groups excluding carboxylic acids is 1. The normalized spacial score (nSPS) is 16.3. The molecule has 25 heavy (non-hydrogen) atoms. The average molecular weight is 337 g/mol. The summed E-state index contributed by atoms with van der Waals surface area (Å²) in [5, 5.41) is 4.25. The number of aromatic amines is 1. The third kappa shape index (κ3) is 3.61. The van der Waals surface area contributed by atoms with Gasteiger partial charge in [-0.25, -0.2) is 0 Å².